The predicted octanol–water partition coefficient (Wildman–Crippen LogP) is 2.81. The fourth-order valence-electron chi connectivity index (χ4n) is 1.93. The lowest BCUT2D eigenvalue weighted by atomic mass is 9.88. The Balaban J connectivity index is 2.77. The number of hydrogen-bond acceptors (Lipinski definition) is 4. The van der Waals surface area contributed by atoms with Crippen molar-refractivity contribution in [3.63, 3.8) is 0 Å². The molecule has 0 aliphatic rings. The normalized spacial score (nSPS) is 11.3. The third-order valence-corrected chi connectivity index (χ3v) is 3.34. The zero-order chi connectivity index (χ0) is 17.4. The van der Waals surface area contributed by atoms with Crippen LogP contribution in [-0.4, -0.2) is 26.6 Å². The highest BCUT2D eigenvalue weighted by atomic mass is 35.5. The van der Waals surface area contributed by atoms with Gasteiger partial charge in [-0.05, 0) is 24.3 Å². The first-order chi connectivity index (χ1) is 10.6. The summed E-state index contributed by atoms with van der Waals surface area (Å²) >= 11 is 5.90. The minimum atomic E-state index is -1.42. The number of benzene rings is 1. The van der Waals surface area contributed by atoms with E-state index in [1.807, 2.05) is 0 Å². The lowest BCUT2D eigenvalue weighted by Gasteiger charge is -2.17. The SMILES string of the molecule is CC(C)(C)C(=O)c1cc(C(=O)O)c(=O)n(-c2cccc(Cl)c2)n1. The molecule has 2 rings (SSSR count). The standard InChI is InChI=1S/C16H15ClN2O4/c1-16(2,3)13(20)12-8-11(15(22)23)14(21)19(18-12)10-6-4-5-9(17)7-10/h4-8H,1-3H3,(H,22,23). The van der Waals surface area contributed by atoms with Gasteiger partial charge < -0.3 is 5.11 Å². The van der Waals surface area contributed by atoms with Gasteiger partial charge in [-0.3, -0.25) is 9.59 Å². The Labute approximate surface area is 137 Å². The molecule has 0 fully saturated rings. The Morgan fingerprint density at radius 1 is 1.22 bits per heavy atom. The second-order valence-corrected chi connectivity index (χ2v) is 6.46. The van der Waals surface area contributed by atoms with Crippen molar-refractivity contribution in [2.24, 2.45) is 5.41 Å². The number of nitrogens with zero attached hydrogens (tertiary/aromatic N) is 2. The molecule has 0 atom stereocenters. The van der Waals surface area contributed by atoms with E-state index >= 15 is 0 Å². The van der Waals surface area contributed by atoms with Crippen LogP contribution in [0.3, 0.4) is 0 Å². The summed E-state index contributed by atoms with van der Waals surface area (Å²) in [7, 11) is 0. The van der Waals surface area contributed by atoms with E-state index in [9.17, 15) is 19.5 Å². The van der Waals surface area contributed by atoms with Crippen LogP contribution < -0.4 is 5.56 Å². The van der Waals surface area contributed by atoms with E-state index in [-0.39, 0.29) is 17.2 Å². The number of rotatable bonds is 3. The van der Waals surface area contributed by atoms with Crippen molar-refractivity contribution < 1.29 is 14.7 Å². The fraction of sp³-hybridized carbons (Fsp3) is 0.250. The smallest absolute Gasteiger partial charge is 0.341 e. The number of ketones is 1. The van der Waals surface area contributed by atoms with Crippen molar-refractivity contribution in [2.75, 3.05) is 0 Å². The second kappa shape index (κ2) is 5.96. The first-order valence-corrected chi connectivity index (χ1v) is 7.17. The van der Waals surface area contributed by atoms with Gasteiger partial charge in [-0.1, -0.05) is 38.4 Å². The second-order valence-electron chi connectivity index (χ2n) is 6.02. The van der Waals surface area contributed by atoms with E-state index in [0.29, 0.717) is 5.02 Å². The van der Waals surface area contributed by atoms with E-state index in [1.54, 1.807) is 39.0 Å². The number of hydrogen-bond donors (Lipinski definition) is 1. The molecule has 0 aliphatic heterocycles. The first kappa shape index (κ1) is 16.9. The van der Waals surface area contributed by atoms with Gasteiger partial charge in [0.25, 0.3) is 5.56 Å². The van der Waals surface area contributed by atoms with Gasteiger partial charge >= 0.3 is 5.97 Å². The molecule has 23 heavy (non-hydrogen) atoms. The molecule has 0 aliphatic carbocycles. The largest absolute Gasteiger partial charge is 0.477 e. The van der Waals surface area contributed by atoms with Crippen LogP contribution in [0.2, 0.25) is 5.02 Å². The van der Waals surface area contributed by atoms with Crippen LogP contribution in [0, 0.1) is 5.41 Å². The molecule has 0 saturated carbocycles. The highest BCUT2D eigenvalue weighted by molar-refractivity contribution is 6.30. The van der Waals surface area contributed by atoms with Crippen molar-refractivity contribution >= 4 is 23.4 Å². The maximum absolute atomic E-state index is 12.4. The number of carboxylic acids is 1. The molecule has 1 aromatic heterocycles. The average Bonchev–Trinajstić information content (AvgIpc) is 2.45. The van der Waals surface area contributed by atoms with Gasteiger partial charge in [-0.25, -0.2) is 4.79 Å². The Morgan fingerprint density at radius 2 is 1.87 bits per heavy atom. The molecule has 7 heteroatoms. The van der Waals surface area contributed by atoms with Crippen molar-refractivity contribution in [3.05, 3.63) is 57.0 Å². The molecule has 120 valence electrons. The minimum absolute atomic E-state index is 0.0884. The molecule has 1 N–H and O–H groups in total. The van der Waals surface area contributed by atoms with Crippen molar-refractivity contribution in [2.45, 2.75) is 20.8 Å². The molecule has 0 spiro atoms. The van der Waals surface area contributed by atoms with E-state index in [2.05, 4.69) is 5.10 Å². The van der Waals surface area contributed by atoms with Crippen LogP contribution in [0.5, 0.6) is 0 Å². The van der Waals surface area contributed by atoms with Crippen LogP contribution in [0.15, 0.2) is 35.1 Å². The monoisotopic (exact) mass is 334 g/mol. The molecule has 0 saturated heterocycles. The number of Topliss-reactive ketones (excluding diaryl/α,β-unsaturated/α-hetero) is 1. The Hall–Kier alpha value is -2.47. The van der Waals surface area contributed by atoms with Gasteiger partial charge in [0.15, 0.2) is 5.78 Å². The summed E-state index contributed by atoms with van der Waals surface area (Å²) in [6.45, 7) is 5.06. The van der Waals surface area contributed by atoms with Crippen LogP contribution in [0.4, 0.5) is 0 Å². The molecule has 0 unspecified atom stereocenters. The van der Waals surface area contributed by atoms with E-state index < -0.39 is 22.5 Å². The molecule has 0 amide bonds. The zero-order valence-electron chi connectivity index (χ0n) is 12.8. The fourth-order valence-corrected chi connectivity index (χ4v) is 2.11. The van der Waals surface area contributed by atoms with Crippen LogP contribution in [-0.2, 0) is 0 Å². The van der Waals surface area contributed by atoms with Crippen molar-refractivity contribution in [1.29, 1.82) is 0 Å². The molecule has 1 heterocycles. The number of carboxylic acid groups (broad SMARTS) is 1. The van der Waals surface area contributed by atoms with Crippen LogP contribution in [0.1, 0.15) is 41.6 Å². The topological polar surface area (TPSA) is 89.3 Å². The van der Waals surface area contributed by atoms with Crippen molar-refractivity contribution in [1.82, 2.24) is 9.78 Å². The summed E-state index contributed by atoms with van der Waals surface area (Å²) in [5.41, 5.74) is -1.92. The molecule has 0 bridgehead atoms. The summed E-state index contributed by atoms with van der Waals surface area (Å²) < 4.78 is 0.883. The molecule has 2 aromatic rings. The highest BCUT2D eigenvalue weighted by Gasteiger charge is 2.27. The summed E-state index contributed by atoms with van der Waals surface area (Å²) in [5, 5.41) is 13.6. The van der Waals surface area contributed by atoms with E-state index in [1.165, 1.54) is 6.07 Å². The van der Waals surface area contributed by atoms with Crippen molar-refractivity contribution in [3.8, 4) is 5.69 Å². The quantitative estimate of drug-likeness (QED) is 0.872. The Bertz CT molecular complexity index is 850. The van der Waals surface area contributed by atoms with Gasteiger partial charge in [-0.2, -0.15) is 9.78 Å². The van der Waals surface area contributed by atoms with Gasteiger partial charge in [-0.15, -0.1) is 0 Å². The minimum Gasteiger partial charge on any atom is -0.477 e. The van der Waals surface area contributed by atoms with Crippen LogP contribution >= 0.6 is 11.6 Å². The number of carbonyl (C=O) groups excluding carboxylic acids is 1. The number of aromatic carboxylic acids is 1. The van der Waals surface area contributed by atoms with Gasteiger partial charge in [0, 0.05) is 10.4 Å². The summed E-state index contributed by atoms with van der Waals surface area (Å²) in [4.78, 5) is 36.0. The number of carbonyl (C=O) groups is 2. The van der Waals surface area contributed by atoms with Gasteiger partial charge in [0.1, 0.15) is 11.3 Å². The van der Waals surface area contributed by atoms with Crippen LogP contribution in [0.25, 0.3) is 5.69 Å². The Morgan fingerprint density at radius 3 is 2.39 bits per heavy atom. The molecule has 6 nitrogen and oxygen atoms in total. The lowest BCUT2D eigenvalue weighted by Crippen LogP contribution is -2.31. The average molecular weight is 335 g/mol. The third-order valence-electron chi connectivity index (χ3n) is 3.11. The Kier molecular flexibility index (Phi) is 4.38. The zero-order valence-corrected chi connectivity index (χ0v) is 13.6. The first-order valence-electron chi connectivity index (χ1n) is 6.79. The van der Waals surface area contributed by atoms with E-state index in [4.69, 9.17) is 11.6 Å². The van der Waals surface area contributed by atoms with Gasteiger partial charge in [0.05, 0.1) is 5.69 Å². The summed E-state index contributed by atoms with van der Waals surface area (Å²) in [6.07, 6.45) is 0. The lowest BCUT2D eigenvalue weighted by molar-refractivity contribution is 0.0694. The van der Waals surface area contributed by atoms with Gasteiger partial charge in [0.2, 0.25) is 0 Å². The van der Waals surface area contributed by atoms with E-state index in [0.717, 1.165) is 10.7 Å². The molecule has 0 radical (unpaired) electrons. The summed E-state index contributed by atoms with van der Waals surface area (Å²) in [5.74, 6) is -1.79. The maximum atomic E-state index is 12.4. The molecular weight excluding hydrogens is 320 g/mol. The third kappa shape index (κ3) is 3.48. The highest BCUT2D eigenvalue weighted by Crippen LogP contribution is 2.20. The maximum Gasteiger partial charge on any atom is 0.341 e. The number of aromatic nitrogens is 2. The molecule has 1 aromatic carbocycles. The number of halogens is 1. The predicted molar refractivity (Wildman–Crippen MR) is 85.6 cm³/mol. The molecular formula is C16H15ClN2O4. The summed E-state index contributed by atoms with van der Waals surface area (Å²) in [6, 6.07) is 7.24.